The van der Waals surface area contributed by atoms with Crippen LogP contribution >= 0.6 is 11.3 Å². The summed E-state index contributed by atoms with van der Waals surface area (Å²) < 4.78 is 39.5. The summed E-state index contributed by atoms with van der Waals surface area (Å²) in [6.07, 6.45) is 1.40. The van der Waals surface area contributed by atoms with Gasteiger partial charge in [0.25, 0.3) is 0 Å². The van der Waals surface area contributed by atoms with Gasteiger partial charge in [0.2, 0.25) is 5.95 Å². The molecule has 1 atom stereocenters. The smallest absolute Gasteiger partial charge is 0.243 e. The minimum Gasteiger partial charge on any atom is -0.507 e. The van der Waals surface area contributed by atoms with Crippen molar-refractivity contribution in [3.8, 4) is 17.0 Å². The quantitative estimate of drug-likeness (QED) is 0.726. The van der Waals surface area contributed by atoms with Crippen molar-refractivity contribution in [3.63, 3.8) is 0 Å². The van der Waals surface area contributed by atoms with E-state index >= 15 is 0 Å². The van der Waals surface area contributed by atoms with Crippen molar-refractivity contribution in [2.24, 2.45) is 0 Å². The molecule has 1 aromatic carbocycles. The summed E-state index contributed by atoms with van der Waals surface area (Å²) in [6, 6.07) is 5.39. The first kappa shape index (κ1) is 12.2. The lowest BCUT2D eigenvalue weighted by Crippen LogP contribution is -2.42. The number of likely N-dealkylation sites (N-methyl/N-ethyl adjacent to an activating group) is 1. The summed E-state index contributed by atoms with van der Waals surface area (Å²) in [7, 11) is 0. The van der Waals surface area contributed by atoms with Crippen LogP contribution in [0.2, 0.25) is 0 Å². The van der Waals surface area contributed by atoms with Gasteiger partial charge in [0.1, 0.15) is 11.4 Å². The number of anilines is 1. The van der Waals surface area contributed by atoms with E-state index in [2.05, 4.69) is 20.5 Å². The van der Waals surface area contributed by atoms with Gasteiger partial charge in [0.15, 0.2) is 0 Å². The number of fused-ring (bicyclic) bond motifs is 1. The highest BCUT2D eigenvalue weighted by atomic mass is 32.1. The fourth-order valence-corrected chi connectivity index (χ4v) is 4.10. The number of rotatable bonds is 4. The minimum absolute atomic E-state index is 0.147. The van der Waals surface area contributed by atoms with Gasteiger partial charge >= 0.3 is 0 Å². The summed E-state index contributed by atoms with van der Waals surface area (Å²) in [6.45, 7) is -2.73. The van der Waals surface area contributed by atoms with Crippen molar-refractivity contribution in [3.05, 3.63) is 29.3 Å². The largest absolute Gasteiger partial charge is 0.507 e. The summed E-state index contributed by atoms with van der Waals surface area (Å²) in [5.74, 6) is 0.437. The molecule has 2 N–H and O–H groups in total. The molecule has 0 amide bonds. The number of hydrogen-bond donors (Lipinski definition) is 2. The van der Waals surface area contributed by atoms with E-state index in [0.717, 1.165) is 16.5 Å². The zero-order chi connectivity index (χ0) is 22.4. The van der Waals surface area contributed by atoms with Crippen LogP contribution in [0.15, 0.2) is 23.6 Å². The van der Waals surface area contributed by atoms with Crippen LogP contribution < -0.4 is 5.32 Å². The highest BCUT2D eigenvalue weighted by Crippen LogP contribution is 2.37. The summed E-state index contributed by atoms with van der Waals surface area (Å²) in [4.78, 5) is 5.82. The van der Waals surface area contributed by atoms with Crippen LogP contribution in [0.5, 0.6) is 5.75 Å². The highest BCUT2D eigenvalue weighted by molar-refractivity contribution is 7.17. The molecule has 6 nitrogen and oxygen atoms in total. The van der Waals surface area contributed by atoms with Gasteiger partial charge in [-0.15, -0.1) is 21.5 Å². The first-order chi connectivity index (χ1) is 14.6. The zero-order valence-corrected chi connectivity index (χ0v) is 15.2. The Balaban J connectivity index is 1.53. The van der Waals surface area contributed by atoms with Crippen molar-refractivity contribution in [2.45, 2.75) is 32.7 Å². The van der Waals surface area contributed by atoms with Crippen molar-refractivity contribution in [1.82, 2.24) is 20.1 Å². The molecule has 136 valence electrons. The van der Waals surface area contributed by atoms with E-state index in [1.54, 1.807) is 24.3 Å². The molecule has 4 rings (SSSR count). The number of nitrogens with zero attached hydrogens (tertiary/aromatic N) is 4. The molecule has 0 spiro atoms. The Morgan fingerprint density at radius 1 is 1.42 bits per heavy atom. The number of aromatic nitrogens is 3. The van der Waals surface area contributed by atoms with Gasteiger partial charge in [0.05, 0.1) is 5.69 Å². The highest BCUT2D eigenvalue weighted by Gasteiger charge is 2.20. The third-order valence-corrected chi connectivity index (χ3v) is 5.52. The second kappa shape index (κ2) is 7.17. The Labute approximate surface area is 163 Å². The lowest BCUT2D eigenvalue weighted by atomic mass is 10.1. The van der Waals surface area contributed by atoms with Crippen LogP contribution in [0.1, 0.15) is 32.2 Å². The molecule has 2 aromatic heterocycles. The molecular weight excluding hydrogens is 346 g/mol. The second-order valence-corrected chi connectivity index (χ2v) is 7.35. The van der Waals surface area contributed by atoms with Gasteiger partial charge in [-0.25, -0.2) is 4.98 Å². The van der Waals surface area contributed by atoms with Gasteiger partial charge in [-0.1, -0.05) is 6.85 Å². The molecule has 1 fully saturated rings. The number of benzene rings is 1. The fraction of sp³-hybridized carbons (Fsp3) is 0.421. The normalized spacial score (nSPS) is 22.2. The van der Waals surface area contributed by atoms with Gasteiger partial charge in [0, 0.05) is 35.1 Å². The van der Waals surface area contributed by atoms with E-state index in [-0.39, 0.29) is 18.3 Å². The van der Waals surface area contributed by atoms with Crippen LogP contribution in [0, 0.1) is 6.92 Å². The van der Waals surface area contributed by atoms with Crippen LogP contribution in [-0.2, 0) is 0 Å². The molecule has 1 saturated heterocycles. The zero-order valence-electron chi connectivity index (χ0n) is 19.4. The van der Waals surface area contributed by atoms with Gasteiger partial charge < -0.3 is 15.3 Å². The molecule has 0 bridgehead atoms. The predicted molar refractivity (Wildman–Crippen MR) is 106 cm³/mol. The summed E-state index contributed by atoms with van der Waals surface area (Å²) in [5.41, 5.74) is 1.64. The number of thiophene rings is 1. The maximum Gasteiger partial charge on any atom is 0.243 e. The fourth-order valence-electron chi connectivity index (χ4n) is 3.31. The van der Waals surface area contributed by atoms with Gasteiger partial charge in [-0.05, 0) is 56.4 Å². The van der Waals surface area contributed by atoms with Gasteiger partial charge in [-0.2, -0.15) is 0 Å². The molecule has 7 heteroatoms. The Hall–Kier alpha value is -2.25. The van der Waals surface area contributed by atoms with Crippen LogP contribution in [-0.4, -0.2) is 50.8 Å². The summed E-state index contributed by atoms with van der Waals surface area (Å²) in [5, 5.41) is 24.9. The standard InChI is InChI=1S/C19H23N5OS/c1-3-24-9-4-5-13(11-24)21-19-20-12(2)17(22-23-19)15-6-7-16-14(18(15)25)8-10-26-16/h6-8,10,13,25H,3-5,9,11H2,1-2H3,(H,20,21,23)/t13-/m1/s1/i1D3,3D2. The maximum atomic E-state index is 10.6. The lowest BCUT2D eigenvalue weighted by molar-refractivity contribution is 0.226. The molecule has 1 aliphatic rings. The average Bonchev–Trinajstić information content (AvgIpc) is 3.18. The molecule has 3 heterocycles. The Bertz CT molecular complexity index is 1100. The van der Waals surface area contributed by atoms with E-state index in [1.165, 1.54) is 4.90 Å². The monoisotopic (exact) mass is 374 g/mol. The average molecular weight is 375 g/mol. The van der Waals surface area contributed by atoms with Crippen molar-refractivity contribution in [2.75, 3.05) is 24.9 Å². The molecule has 3 aromatic rings. The van der Waals surface area contributed by atoms with E-state index in [1.807, 2.05) is 17.5 Å². The molecule has 0 radical (unpaired) electrons. The van der Waals surface area contributed by atoms with E-state index in [9.17, 15) is 5.11 Å². The number of hydrogen-bond acceptors (Lipinski definition) is 7. The van der Waals surface area contributed by atoms with Crippen molar-refractivity contribution in [1.29, 1.82) is 0 Å². The second-order valence-electron chi connectivity index (χ2n) is 6.40. The third kappa shape index (κ3) is 3.24. The first-order valence-electron chi connectivity index (χ1n) is 11.0. The van der Waals surface area contributed by atoms with E-state index in [0.29, 0.717) is 35.9 Å². The molecule has 0 unspecified atom stereocenters. The topological polar surface area (TPSA) is 74.2 Å². The number of aryl methyl sites for hydroxylation is 1. The molecule has 0 aliphatic carbocycles. The maximum absolute atomic E-state index is 10.6. The minimum atomic E-state index is -2.73. The molecule has 0 saturated carbocycles. The Morgan fingerprint density at radius 2 is 2.35 bits per heavy atom. The molecular formula is C19H23N5OS. The van der Waals surface area contributed by atoms with Crippen LogP contribution in [0.25, 0.3) is 21.3 Å². The summed E-state index contributed by atoms with van der Waals surface area (Å²) >= 11 is 1.55. The number of aromatic hydroxyl groups is 1. The van der Waals surface area contributed by atoms with E-state index < -0.39 is 13.3 Å². The molecule has 26 heavy (non-hydrogen) atoms. The predicted octanol–water partition coefficient (Wildman–Crippen LogP) is 3.66. The van der Waals surface area contributed by atoms with Crippen LogP contribution in [0.3, 0.4) is 0 Å². The van der Waals surface area contributed by atoms with Gasteiger partial charge in [-0.3, -0.25) is 0 Å². The number of nitrogens with one attached hydrogen (secondary N) is 1. The number of likely N-dealkylation sites (tertiary alicyclic amines) is 1. The number of piperidine rings is 1. The first-order valence-corrected chi connectivity index (χ1v) is 9.38. The lowest BCUT2D eigenvalue weighted by Gasteiger charge is -2.32. The number of phenols is 1. The Kier molecular flexibility index (Phi) is 3.36. The molecule has 1 aliphatic heterocycles. The van der Waals surface area contributed by atoms with Crippen molar-refractivity contribution >= 4 is 27.4 Å². The number of phenolic OH excluding ortho intramolecular Hbond substituents is 1. The SMILES string of the molecule is [2H]C([2H])([2H])C([2H])([2H])N1CCC[C@@H](Nc2nnc(-c3ccc4sccc4c3O)c(C)n2)C1. The third-order valence-electron chi connectivity index (χ3n) is 4.64. The van der Waals surface area contributed by atoms with E-state index in [4.69, 9.17) is 6.85 Å². The van der Waals surface area contributed by atoms with Crippen molar-refractivity contribution < 1.29 is 12.0 Å². The van der Waals surface area contributed by atoms with Crippen LogP contribution in [0.4, 0.5) is 5.95 Å². The Morgan fingerprint density at radius 3 is 3.19 bits per heavy atom.